The Hall–Kier alpha value is -1.55. The predicted octanol–water partition coefficient (Wildman–Crippen LogP) is 3.30. The molecule has 4 rings (SSSR count). The number of nitrogens with one attached hydrogen (secondary N) is 1. The maximum atomic E-state index is 12.8. The zero-order valence-corrected chi connectivity index (χ0v) is 15.6. The second-order valence-corrected chi connectivity index (χ2v) is 8.41. The van der Waals surface area contributed by atoms with Gasteiger partial charge in [0.25, 0.3) is 0 Å². The predicted molar refractivity (Wildman–Crippen MR) is 102 cm³/mol. The molecular formula is C21H31N3O. The number of benzene rings is 1. The lowest BCUT2D eigenvalue weighted by molar-refractivity contribution is -0.125. The lowest BCUT2D eigenvalue weighted by atomic mass is 9.82. The van der Waals surface area contributed by atoms with Crippen LogP contribution in [-0.2, 0) is 4.79 Å². The molecule has 0 aromatic heterocycles. The van der Waals surface area contributed by atoms with E-state index in [-0.39, 0.29) is 11.4 Å². The molecule has 1 N–H and O–H groups in total. The van der Waals surface area contributed by atoms with Gasteiger partial charge < -0.3 is 15.1 Å². The number of carbonyl (C=O) groups is 1. The Morgan fingerprint density at radius 1 is 1.04 bits per heavy atom. The van der Waals surface area contributed by atoms with Gasteiger partial charge in [0.15, 0.2) is 0 Å². The highest BCUT2D eigenvalue weighted by atomic mass is 16.2. The van der Waals surface area contributed by atoms with E-state index in [1.165, 1.54) is 36.9 Å². The van der Waals surface area contributed by atoms with Crippen molar-refractivity contribution < 1.29 is 4.79 Å². The van der Waals surface area contributed by atoms with E-state index < -0.39 is 0 Å². The van der Waals surface area contributed by atoms with E-state index >= 15 is 0 Å². The third-order valence-corrected chi connectivity index (χ3v) is 6.81. The first kappa shape index (κ1) is 16.9. The van der Waals surface area contributed by atoms with Gasteiger partial charge in [-0.3, -0.25) is 4.79 Å². The summed E-state index contributed by atoms with van der Waals surface area (Å²) in [5, 5.41) is 3.11. The van der Waals surface area contributed by atoms with Crippen LogP contribution in [0.2, 0.25) is 0 Å². The third-order valence-electron chi connectivity index (χ3n) is 6.81. The first-order valence-corrected chi connectivity index (χ1v) is 9.95. The molecular weight excluding hydrogens is 310 g/mol. The van der Waals surface area contributed by atoms with Crippen LogP contribution in [0.1, 0.15) is 51.0 Å². The quantitative estimate of drug-likeness (QED) is 0.896. The molecule has 0 bridgehead atoms. The molecule has 4 nitrogen and oxygen atoms in total. The van der Waals surface area contributed by atoms with Crippen LogP contribution in [0.15, 0.2) is 24.3 Å². The number of anilines is 1. The van der Waals surface area contributed by atoms with E-state index in [4.69, 9.17) is 0 Å². The van der Waals surface area contributed by atoms with Crippen molar-refractivity contribution >= 4 is 11.6 Å². The van der Waals surface area contributed by atoms with Crippen molar-refractivity contribution in [2.45, 2.75) is 64.0 Å². The highest BCUT2D eigenvalue weighted by Gasteiger charge is 2.50. The topological polar surface area (TPSA) is 35.6 Å². The highest BCUT2D eigenvalue weighted by molar-refractivity contribution is 5.93. The maximum absolute atomic E-state index is 12.8. The van der Waals surface area contributed by atoms with E-state index in [2.05, 4.69) is 53.2 Å². The van der Waals surface area contributed by atoms with Crippen molar-refractivity contribution in [2.75, 3.05) is 24.7 Å². The normalized spacial score (nSPS) is 29.8. The Morgan fingerprint density at radius 2 is 1.68 bits per heavy atom. The smallest absolute Gasteiger partial charge is 0.247 e. The van der Waals surface area contributed by atoms with Crippen LogP contribution >= 0.6 is 0 Å². The van der Waals surface area contributed by atoms with Gasteiger partial charge in [0.05, 0.1) is 6.67 Å². The van der Waals surface area contributed by atoms with Crippen molar-refractivity contribution in [3.05, 3.63) is 29.8 Å². The first-order chi connectivity index (χ1) is 12.1. The lowest BCUT2D eigenvalue weighted by Gasteiger charge is -2.46. The summed E-state index contributed by atoms with van der Waals surface area (Å²) in [5.74, 6) is 1.12. The average Bonchev–Trinajstić information content (AvgIpc) is 2.94. The zero-order valence-electron chi connectivity index (χ0n) is 15.6. The number of rotatable bonds is 2. The second-order valence-electron chi connectivity index (χ2n) is 8.41. The number of likely N-dealkylation sites (tertiary alicyclic amines) is 1. The van der Waals surface area contributed by atoms with E-state index in [9.17, 15) is 4.79 Å². The van der Waals surface area contributed by atoms with Gasteiger partial charge in [-0.1, -0.05) is 24.6 Å². The van der Waals surface area contributed by atoms with Crippen molar-refractivity contribution in [2.24, 2.45) is 5.92 Å². The molecule has 3 fully saturated rings. The van der Waals surface area contributed by atoms with Gasteiger partial charge in [0, 0.05) is 24.8 Å². The van der Waals surface area contributed by atoms with Crippen LogP contribution in [0.25, 0.3) is 0 Å². The summed E-state index contributed by atoms with van der Waals surface area (Å²) >= 11 is 0. The number of piperidine rings is 1. The monoisotopic (exact) mass is 341 g/mol. The number of carbonyl (C=O) groups excluding carboxylic acids is 1. The second kappa shape index (κ2) is 6.64. The molecule has 0 atom stereocenters. The molecule has 1 aliphatic carbocycles. The van der Waals surface area contributed by atoms with Gasteiger partial charge in [0.2, 0.25) is 5.91 Å². The van der Waals surface area contributed by atoms with Crippen molar-refractivity contribution in [3.63, 3.8) is 0 Å². The maximum Gasteiger partial charge on any atom is 0.247 e. The van der Waals surface area contributed by atoms with Gasteiger partial charge in [0.1, 0.15) is 5.54 Å². The molecule has 1 amide bonds. The van der Waals surface area contributed by atoms with E-state index in [1.807, 2.05) is 0 Å². The van der Waals surface area contributed by atoms with Crippen LogP contribution in [0, 0.1) is 12.8 Å². The number of amides is 1. The van der Waals surface area contributed by atoms with Crippen LogP contribution in [0.3, 0.4) is 0 Å². The molecule has 1 saturated carbocycles. The molecule has 1 spiro atoms. The number of nitrogens with zero attached hydrogens (tertiary/aromatic N) is 2. The Morgan fingerprint density at radius 3 is 2.32 bits per heavy atom. The Labute approximate surface area is 151 Å². The lowest BCUT2D eigenvalue weighted by Crippen LogP contribution is -2.58. The summed E-state index contributed by atoms with van der Waals surface area (Å²) in [6, 6.07) is 9.35. The SMILES string of the molecule is Cc1ccc(N2CNC(=O)C23CCN(C2CCC(C)CC2)CC3)cc1. The molecule has 2 aliphatic heterocycles. The molecule has 1 aromatic carbocycles. The zero-order chi connectivity index (χ0) is 17.4. The first-order valence-electron chi connectivity index (χ1n) is 9.95. The van der Waals surface area contributed by atoms with Gasteiger partial charge in [-0.05, 0) is 63.5 Å². The van der Waals surface area contributed by atoms with E-state index in [0.717, 1.165) is 37.9 Å². The molecule has 136 valence electrons. The van der Waals surface area contributed by atoms with Crippen LogP contribution in [-0.4, -0.2) is 42.1 Å². The van der Waals surface area contributed by atoms with Gasteiger partial charge in [-0.25, -0.2) is 0 Å². The fourth-order valence-electron chi connectivity index (χ4n) is 5.02. The molecule has 0 radical (unpaired) electrons. The summed E-state index contributed by atoms with van der Waals surface area (Å²) in [7, 11) is 0. The molecule has 0 unspecified atom stereocenters. The summed E-state index contributed by atoms with van der Waals surface area (Å²) in [6.07, 6.45) is 7.28. The average molecular weight is 341 g/mol. The minimum atomic E-state index is -0.340. The van der Waals surface area contributed by atoms with Crippen molar-refractivity contribution in [1.82, 2.24) is 10.2 Å². The van der Waals surface area contributed by atoms with Crippen molar-refractivity contribution in [3.8, 4) is 0 Å². The fraction of sp³-hybridized carbons (Fsp3) is 0.667. The molecule has 4 heteroatoms. The number of hydrogen-bond acceptors (Lipinski definition) is 3. The number of hydrogen-bond donors (Lipinski definition) is 1. The molecule has 2 heterocycles. The summed E-state index contributed by atoms with van der Waals surface area (Å²) in [5.41, 5.74) is 2.09. The largest absolute Gasteiger partial charge is 0.339 e. The van der Waals surface area contributed by atoms with E-state index in [0.29, 0.717) is 6.67 Å². The Kier molecular flexibility index (Phi) is 4.48. The summed E-state index contributed by atoms with van der Waals surface area (Å²) in [6.45, 7) is 7.23. The molecule has 25 heavy (non-hydrogen) atoms. The van der Waals surface area contributed by atoms with Crippen LogP contribution in [0.4, 0.5) is 5.69 Å². The molecule has 2 saturated heterocycles. The minimum Gasteiger partial charge on any atom is -0.339 e. The molecule has 3 aliphatic rings. The summed E-state index contributed by atoms with van der Waals surface area (Å²) < 4.78 is 0. The van der Waals surface area contributed by atoms with Gasteiger partial charge in [-0.15, -0.1) is 0 Å². The Bertz CT molecular complexity index is 611. The van der Waals surface area contributed by atoms with E-state index in [1.54, 1.807) is 0 Å². The summed E-state index contributed by atoms with van der Waals surface area (Å²) in [4.78, 5) is 17.7. The van der Waals surface area contributed by atoms with Gasteiger partial charge in [-0.2, -0.15) is 0 Å². The van der Waals surface area contributed by atoms with Crippen molar-refractivity contribution in [1.29, 1.82) is 0 Å². The third kappa shape index (κ3) is 3.05. The standard InChI is InChI=1S/C21H31N3O/c1-16-3-7-18(8-4-16)23-13-11-21(12-14-23)20(25)22-15-24(21)19-9-5-17(2)6-10-19/h5-6,9-10,16,18H,3-4,7-8,11-15H2,1-2H3,(H,22,25). The fourth-order valence-corrected chi connectivity index (χ4v) is 5.02. The minimum absolute atomic E-state index is 0.227. The van der Waals surface area contributed by atoms with Crippen LogP contribution in [0.5, 0.6) is 0 Å². The Balaban J connectivity index is 1.47. The van der Waals surface area contributed by atoms with Gasteiger partial charge >= 0.3 is 0 Å². The van der Waals surface area contributed by atoms with Crippen LogP contribution < -0.4 is 10.2 Å². The highest BCUT2D eigenvalue weighted by Crippen LogP contribution is 2.38. The molecule has 1 aromatic rings. The number of aryl methyl sites for hydroxylation is 1.